The minimum absolute atomic E-state index is 0.117. The first-order valence-corrected chi connectivity index (χ1v) is 25.0. The second kappa shape index (κ2) is 50.5. The fourth-order valence-corrected chi connectivity index (χ4v) is 6.27. The Hall–Kier alpha value is -4.19. The van der Waals surface area contributed by atoms with Crippen molar-refractivity contribution in [2.24, 2.45) is 0 Å². The third kappa shape index (κ3) is 48.7. The molecule has 63 heavy (non-hydrogen) atoms. The molecule has 0 spiro atoms. The van der Waals surface area contributed by atoms with Gasteiger partial charge in [-0.25, -0.2) is 0 Å². The first-order chi connectivity index (χ1) is 31.0. The number of allylic oxidation sites excluding steroid dienone is 19. The summed E-state index contributed by atoms with van der Waals surface area (Å²) in [6.45, 7) is 6.22. The van der Waals surface area contributed by atoms with Crippen LogP contribution in [0, 0.1) is 0 Å². The molecule has 0 aromatic carbocycles. The van der Waals surface area contributed by atoms with Crippen molar-refractivity contribution in [3.05, 3.63) is 122 Å². The van der Waals surface area contributed by atoms with Gasteiger partial charge in [0, 0.05) is 12.8 Å². The van der Waals surface area contributed by atoms with E-state index in [0.29, 0.717) is 12.8 Å². The maximum atomic E-state index is 12.7. The smallest absolute Gasteiger partial charge is 0.309 e. The summed E-state index contributed by atoms with van der Waals surface area (Å²) in [4.78, 5) is 37.8. The summed E-state index contributed by atoms with van der Waals surface area (Å²) in [5.41, 5.74) is 0. The summed E-state index contributed by atoms with van der Waals surface area (Å²) < 4.78 is 16.6. The largest absolute Gasteiger partial charge is 0.462 e. The highest BCUT2D eigenvalue weighted by atomic mass is 16.6. The average Bonchev–Trinajstić information content (AvgIpc) is 3.28. The molecule has 354 valence electrons. The van der Waals surface area contributed by atoms with E-state index in [9.17, 15) is 14.4 Å². The molecular weight excluding hydrogens is 781 g/mol. The Bertz CT molecular complexity index is 1370. The van der Waals surface area contributed by atoms with Crippen LogP contribution in [0.1, 0.15) is 201 Å². The summed E-state index contributed by atoms with van der Waals surface area (Å²) in [6.07, 6.45) is 69.4. The molecule has 1 atom stereocenters. The molecule has 0 rings (SSSR count). The van der Waals surface area contributed by atoms with E-state index < -0.39 is 18.0 Å². The Balaban J connectivity index is 4.50. The number of hydrogen-bond acceptors (Lipinski definition) is 6. The normalized spacial score (nSPS) is 13.1. The summed E-state index contributed by atoms with van der Waals surface area (Å²) in [5, 5.41) is 0. The fourth-order valence-electron chi connectivity index (χ4n) is 6.27. The van der Waals surface area contributed by atoms with Crippen LogP contribution in [0.15, 0.2) is 122 Å². The van der Waals surface area contributed by atoms with Crippen molar-refractivity contribution in [1.29, 1.82) is 0 Å². The van der Waals surface area contributed by atoms with Crippen molar-refractivity contribution in [3.63, 3.8) is 0 Å². The maximum absolute atomic E-state index is 12.7. The second-order valence-electron chi connectivity index (χ2n) is 16.0. The molecule has 0 fully saturated rings. The van der Waals surface area contributed by atoms with E-state index in [1.807, 2.05) is 6.08 Å². The van der Waals surface area contributed by atoms with E-state index in [-0.39, 0.29) is 32.0 Å². The minimum Gasteiger partial charge on any atom is -0.462 e. The molecule has 0 aliphatic rings. The Kier molecular flexibility index (Phi) is 47.1. The highest BCUT2D eigenvalue weighted by molar-refractivity contribution is 5.72. The van der Waals surface area contributed by atoms with Crippen molar-refractivity contribution in [2.45, 2.75) is 207 Å². The SMILES string of the molecule is CC/C=C\C/C=C\C/C=C\C/C=C\CCCCCCCCC(=O)OCC(COC(=O)C/C=C\C/C=C\C/C=C\CC)OC(=O)CCC/C=C\C/C=C\C/C=C\CCCCCCCC. The van der Waals surface area contributed by atoms with Gasteiger partial charge in [0.15, 0.2) is 6.10 Å². The lowest BCUT2D eigenvalue weighted by molar-refractivity contribution is -0.166. The number of esters is 3. The summed E-state index contributed by atoms with van der Waals surface area (Å²) in [7, 11) is 0. The summed E-state index contributed by atoms with van der Waals surface area (Å²) in [6, 6.07) is 0. The quantitative estimate of drug-likeness (QED) is 0.0263. The first kappa shape index (κ1) is 58.8. The Morgan fingerprint density at radius 3 is 1.16 bits per heavy atom. The highest BCUT2D eigenvalue weighted by Gasteiger charge is 2.19. The van der Waals surface area contributed by atoms with Crippen LogP contribution in [0.5, 0.6) is 0 Å². The molecule has 0 radical (unpaired) electrons. The van der Waals surface area contributed by atoms with Gasteiger partial charge in [-0.1, -0.05) is 200 Å². The zero-order chi connectivity index (χ0) is 45.8. The number of unbranched alkanes of at least 4 members (excludes halogenated alkanes) is 13. The van der Waals surface area contributed by atoms with Gasteiger partial charge < -0.3 is 14.2 Å². The van der Waals surface area contributed by atoms with Gasteiger partial charge in [0.2, 0.25) is 0 Å². The number of carbonyl (C=O) groups is 3. The number of ether oxygens (including phenoxy) is 3. The molecule has 0 heterocycles. The van der Waals surface area contributed by atoms with Crippen molar-refractivity contribution in [2.75, 3.05) is 13.2 Å². The van der Waals surface area contributed by atoms with E-state index in [4.69, 9.17) is 14.2 Å². The molecule has 0 aliphatic carbocycles. The summed E-state index contributed by atoms with van der Waals surface area (Å²) >= 11 is 0. The van der Waals surface area contributed by atoms with Crippen molar-refractivity contribution in [1.82, 2.24) is 0 Å². The third-order valence-corrected chi connectivity index (χ3v) is 9.96. The molecule has 0 saturated carbocycles. The van der Waals surface area contributed by atoms with Gasteiger partial charge >= 0.3 is 17.9 Å². The van der Waals surface area contributed by atoms with E-state index >= 15 is 0 Å². The zero-order valence-corrected chi connectivity index (χ0v) is 40.3. The third-order valence-electron chi connectivity index (χ3n) is 9.96. The maximum Gasteiger partial charge on any atom is 0.309 e. The van der Waals surface area contributed by atoms with Crippen LogP contribution in [0.2, 0.25) is 0 Å². The van der Waals surface area contributed by atoms with Gasteiger partial charge in [-0.15, -0.1) is 0 Å². The highest BCUT2D eigenvalue weighted by Crippen LogP contribution is 2.12. The fraction of sp³-hybridized carbons (Fsp3) is 0.596. The molecule has 0 aromatic heterocycles. The van der Waals surface area contributed by atoms with E-state index in [1.165, 1.54) is 57.8 Å². The van der Waals surface area contributed by atoms with Gasteiger partial charge in [0.05, 0.1) is 6.42 Å². The predicted molar refractivity (Wildman–Crippen MR) is 269 cm³/mol. The van der Waals surface area contributed by atoms with Crippen LogP contribution in [0.25, 0.3) is 0 Å². The Morgan fingerprint density at radius 2 is 0.698 bits per heavy atom. The molecule has 0 N–H and O–H groups in total. The first-order valence-electron chi connectivity index (χ1n) is 25.0. The monoisotopic (exact) mass is 871 g/mol. The molecule has 0 saturated heterocycles. The molecule has 0 bridgehead atoms. The van der Waals surface area contributed by atoms with Crippen molar-refractivity contribution in [3.8, 4) is 0 Å². The standard InChI is InChI=1S/C57H90O6/c1-4-7-10-13-16-19-21-23-25-27-28-30-31-33-35-38-41-44-47-50-56(59)62-53-54(52-61-55(58)49-46-43-40-37-18-15-12-9-6-3)63-57(60)51-48-45-42-39-36-34-32-29-26-24-22-20-17-14-11-8-5-2/h7,9-10,12,16,18-19,23-26,28,30,32,34,37,39,42-43,46,54H,4-6,8,11,13-15,17,20-22,27,29,31,33,35-36,38,40-41,44-45,47-53H2,1-3H3/b10-7-,12-9-,19-16-,25-23-,26-24-,30-28-,34-32-,37-18-,42-39-,46-43-. The number of hydrogen-bond donors (Lipinski definition) is 0. The van der Waals surface area contributed by atoms with Crippen molar-refractivity contribution < 1.29 is 28.6 Å². The predicted octanol–water partition coefficient (Wildman–Crippen LogP) is 16.5. The van der Waals surface area contributed by atoms with Gasteiger partial charge in [0.1, 0.15) is 13.2 Å². The molecule has 0 amide bonds. The van der Waals surface area contributed by atoms with Crippen LogP contribution in [0.3, 0.4) is 0 Å². The molecular formula is C57H90O6. The average molecular weight is 871 g/mol. The molecule has 6 heteroatoms. The van der Waals surface area contributed by atoms with Crippen LogP contribution in [0.4, 0.5) is 0 Å². The zero-order valence-electron chi connectivity index (χ0n) is 40.3. The lowest BCUT2D eigenvalue weighted by Gasteiger charge is -2.18. The Labute approximate surface area is 386 Å². The minimum atomic E-state index is -0.848. The topological polar surface area (TPSA) is 78.9 Å². The van der Waals surface area contributed by atoms with E-state index in [0.717, 1.165) is 96.3 Å². The van der Waals surface area contributed by atoms with Gasteiger partial charge in [-0.3, -0.25) is 14.4 Å². The van der Waals surface area contributed by atoms with E-state index in [1.54, 1.807) is 6.08 Å². The molecule has 0 aliphatic heterocycles. The number of rotatable bonds is 43. The van der Waals surface area contributed by atoms with Crippen molar-refractivity contribution >= 4 is 17.9 Å². The van der Waals surface area contributed by atoms with Gasteiger partial charge in [-0.2, -0.15) is 0 Å². The van der Waals surface area contributed by atoms with Crippen LogP contribution in [-0.2, 0) is 28.6 Å². The van der Waals surface area contributed by atoms with Crippen LogP contribution >= 0.6 is 0 Å². The Morgan fingerprint density at radius 1 is 0.349 bits per heavy atom. The molecule has 0 aromatic rings. The van der Waals surface area contributed by atoms with Gasteiger partial charge in [0.25, 0.3) is 0 Å². The van der Waals surface area contributed by atoms with Crippen LogP contribution < -0.4 is 0 Å². The second-order valence-corrected chi connectivity index (χ2v) is 16.0. The lowest BCUT2D eigenvalue weighted by atomic mass is 10.1. The van der Waals surface area contributed by atoms with E-state index in [2.05, 4.69) is 130 Å². The molecule has 1 unspecified atom stereocenters. The van der Waals surface area contributed by atoms with Gasteiger partial charge in [-0.05, 0) is 103 Å². The van der Waals surface area contributed by atoms with Crippen LogP contribution in [-0.4, -0.2) is 37.2 Å². The molecule has 6 nitrogen and oxygen atoms in total. The lowest BCUT2D eigenvalue weighted by Crippen LogP contribution is -2.30. The number of carbonyl (C=O) groups excluding carboxylic acids is 3. The summed E-state index contributed by atoms with van der Waals surface area (Å²) in [5.74, 6) is -1.14.